The van der Waals surface area contributed by atoms with E-state index in [1.807, 2.05) is 17.0 Å². The highest BCUT2D eigenvalue weighted by Gasteiger charge is 2.37. The summed E-state index contributed by atoms with van der Waals surface area (Å²) in [4.78, 5) is 21.9. The van der Waals surface area contributed by atoms with Gasteiger partial charge in [-0.15, -0.1) is 11.3 Å². The first-order valence-corrected chi connectivity index (χ1v) is 10.4. The molecule has 0 atom stereocenters. The van der Waals surface area contributed by atoms with Crippen LogP contribution in [0.3, 0.4) is 0 Å². The SMILES string of the molecule is Cc1ccc(C(=O)N2CC(N3CCN(C4CCCCC4)CC3)C2)s1. The van der Waals surface area contributed by atoms with E-state index in [4.69, 9.17) is 0 Å². The Kier molecular flexibility index (Phi) is 4.93. The van der Waals surface area contributed by atoms with Crippen molar-refractivity contribution in [2.24, 2.45) is 0 Å². The van der Waals surface area contributed by atoms with Crippen LogP contribution >= 0.6 is 11.3 Å². The molecule has 0 bridgehead atoms. The molecule has 0 radical (unpaired) electrons. The highest BCUT2D eigenvalue weighted by Crippen LogP contribution is 2.26. The maximum Gasteiger partial charge on any atom is 0.264 e. The average Bonchev–Trinajstić information content (AvgIpc) is 3.01. The lowest BCUT2D eigenvalue weighted by atomic mass is 9.93. The molecule has 132 valence electrons. The molecule has 0 aromatic carbocycles. The van der Waals surface area contributed by atoms with Crippen LogP contribution in [0, 0.1) is 6.92 Å². The number of thiophene rings is 1. The molecule has 24 heavy (non-hydrogen) atoms. The van der Waals surface area contributed by atoms with Gasteiger partial charge >= 0.3 is 0 Å². The monoisotopic (exact) mass is 347 g/mol. The molecule has 4 nitrogen and oxygen atoms in total. The van der Waals surface area contributed by atoms with Gasteiger partial charge in [0.1, 0.15) is 0 Å². The summed E-state index contributed by atoms with van der Waals surface area (Å²) in [5.74, 6) is 0.227. The van der Waals surface area contributed by atoms with Gasteiger partial charge in [0.05, 0.1) is 4.88 Å². The van der Waals surface area contributed by atoms with Gasteiger partial charge in [-0.05, 0) is 31.9 Å². The van der Waals surface area contributed by atoms with E-state index >= 15 is 0 Å². The summed E-state index contributed by atoms with van der Waals surface area (Å²) in [5, 5.41) is 0. The van der Waals surface area contributed by atoms with Crippen LogP contribution in [0.15, 0.2) is 12.1 Å². The van der Waals surface area contributed by atoms with Gasteiger partial charge in [-0.1, -0.05) is 19.3 Å². The standard InChI is InChI=1S/C19H29N3OS/c1-15-7-8-18(24-15)19(23)22-13-17(14-22)21-11-9-20(10-12-21)16-5-3-2-4-6-16/h7-8,16-17H,2-6,9-14H2,1H3. The Morgan fingerprint density at radius 3 is 2.17 bits per heavy atom. The summed E-state index contributed by atoms with van der Waals surface area (Å²) in [6.07, 6.45) is 7.10. The van der Waals surface area contributed by atoms with Gasteiger partial charge in [-0.25, -0.2) is 0 Å². The van der Waals surface area contributed by atoms with E-state index in [1.165, 1.54) is 63.2 Å². The fraction of sp³-hybridized carbons (Fsp3) is 0.737. The minimum absolute atomic E-state index is 0.227. The van der Waals surface area contributed by atoms with Crippen LogP contribution < -0.4 is 0 Å². The van der Waals surface area contributed by atoms with Crippen molar-refractivity contribution >= 4 is 17.2 Å². The highest BCUT2D eigenvalue weighted by molar-refractivity contribution is 7.13. The number of rotatable bonds is 3. The van der Waals surface area contributed by atoms with Crippen molar-refractivity contribution in [1.82, 2.24) is 14.7 Å². The van der Waals surface area contributed by atoms with Crippen molar-refractivity contribution in [1.29, 1.82) is 0 Å². The summed E-state index contributed by atoms with van der Waals surface area (Å²) >= 11 is 1.61. The van der Waals surface area contributed by atoms with Gasteiger partial charge in [0.25, 0.3) is 5.91 Å². The summed E-state index contributed by atoms with van der Waals surface area (Å²) in [5.41, 5.74) is 0. The minimum Gasteiger partial charge on any atom is -0.335 e. The number of hydrogen-bond acceptors (Lipinski definition) is 4. The zero-order chi connectivity index (χ0) is 16.5. The second-order valence-corrected chi connectivity index (χ2v) is 8.93. The fourth-order valence-electron chi connectivity index (χ4n) is 4.47. The predicted molar refractivity (Wildman–Crippen MR) is 98.8 cm³/mol. The molecule has 2 aliphatic heterocycles. The van der Waals surface area contributed by atoms with E-state index < -0.39 is 0 Å². The van der Waals surface area contributed by atoms with Crippen molar-refractivity contribution in [3.8, 4) is 0 Å². The fourth-order valence-corrected chi connectivity index (χ4v) is 5.31. The highest BCUT2D eigenvalue weighted by atomic mass is 32.1. The lowest BCUT2D eigenvalue weighted by Gasteiger charge is -2.49. The smallest absolute Gasteiger partial charge is 0.264 e. The number of amides is 1. The first-order valence-electron chi connectivity index (χ1n) is 9.54. The molecule has 3 heterocycles. The Bertz CT molecular complexity index is 567. The van der Waals surface area contributed by atoms with E-state index in [1.54, 1.807) is 11.3 Å². The van der Waals surface area contributed by atoms with Gasteiger partial charge in [-0.2, -0.15) is 0 Å². The second-order valence-electron chi connectivity index (χ2n) is 7.64. The van der Waals surface area contributed by atoms with Gasteiger partial charge in [0.15, 0.2) is 0 Å². The predicted octanol–water partition coefficient (Wildman–Crippen LogP) is 2.83. The molecule has 3 aliphatic rings. The van der Waals surface area contributed by atoms with Crippen LogP contribution in [0.25, 0.3) is 0 Å². The maximum absolute atomic E-state index is 12.4. The Hall–Kier alpha value is -0.910. The minimum atomic E-state index is 0.227. The summed E-state index contributed by atoms with van der Waals surface area (Å²) < 4.78 is 0. The molecule has 1 aromatic rings. The molecule has 5 heteroatoms. The Morgan fingerprint density at radius 2 is 1.58 bits per heavy atom. The molecule has 0 N–H and O–H groups in total. The Labute approximate surface area is 149 Å². The zero-order valence-corrected chi connectivity index (χ0v) is 15.6. The Morgan fingerprint density at radius 1 is 0.958 bits per heavy atom. The van der Waals surface area contributed by atoms with Crippen molar-refractivity contribution in [3.05, 3.63) is 21.9 Å². The van der Waals surface area contributed by atoms with Crippen molar-refractivity contribution in [2.75, 3.05) is 39.3 Å². The molecule has 1 aliphatic carbocycles. The topological polar surface area (TPSA) is 26.8 Å². The van der Waals surface area contributed by atoms with Crippen LogP contribution in [0.1, 0.15) is 46.7 Å². The normalized spacial score (nSPS) is 25.0. The van der Waals surface area contributed by atoms with Crippen molar-refractivity contribution in [3.63, 3.8) is 0 Å². The molecule has 0 unspecified atom stereocenters. The first kappa shape index (κ1) is 16.6. The average molecular weight is 348 g/mol. The molecule has 1 amide bonds. The molecule has 1 aromatic heterocycles. The number of likely N-dealkylation sites (tertiary alicyclic amines) is 1. The quantitative estimate of drug-likeness (QED) is 0.841. The van der Waals surface area contributed by atoms with E-state index in [0.29, 0.717) is 6.04 Å². The largest absolute Gasteiger partial charge is 0.335 e. The molecular formula is C19H29N3OS. The van der Waals surface area contributed by atoms with Crippen molar-refractivity contribution < 1.29 is 4.79 Å². The second kappa shape index (κ2) is 7.14. The number of nitrogens with zero attached hydrogens (tertiary/aromatic N) is 3. The lowest BCUT2D eigenvalue weighted by molar-refractivity contribution is -0.00242. The van der Waals surface area contributed by atoms with Gasteiger partial charge in [0, 0.05) is 56.2 Å². The third kappa shape index (κ3) is 3.39. The van der Waals surface area contributed by atoms with Crippen LogP contribution in [-0.2, 0) is 0 Å². The molecular weight excluding hydrogens is 318 g/mol. The molecule has 4 rings (SSSR count). The zero-order valence-electron chi connectivity index (χ0n) is 14.7. The van der Waals surface area contributed by atoms with Gasteiger partial charge < -0.3 is 4.90 Å². The summed E-state index contributed by atoms with van der Waals surface area (Å²) in [7, 11) is 0. The lowest BCUT2D eigenvalue weighted by Crippen LogP contribution is -2.64. The number of hydrogen-bond donors (Lipinski definition) is 0. The van der Waals surface area contributed by atoms with Gasteiger partial charge in [-0.3, -0.25) is 14.6 Å². The summed E-state index contributed by atoms with van der Waals surface area (Å²) in [6.45, 7) is 8.70. The number of aryl methyl sites for hydroxylation is 1. The van der Waals surface area contributed by atoms with Crippen LogP contribution in [0.2, 0.25) is 0 Å². The first-order chi connectivity index (χ1) is 11.7. The number of piperazine rings is 1. The molecule has 0 spiro atoms. The summed E-state index contributed by atoms with van der Waals surface area (Å²) in [6, 6.07) is 5.45. The van der Waals surface area contributed by atoms with Crippen molar-refractivity contribution in [2.45, 2.75) is 51.1 Å². The van der Waals surface area contributed by atoms with E-state index in [2.05, 4.69) is 16.7 Å². The molecule has 3 fully saturated rings. The Balaban J connectivity index is 1.23. The van der Waals surface area contributed by atoms with Crippen LogP contribution in [-0.4, -0.2) is 72.0 Å². The van der Waals surface area contributed by atoms with E-state index in [9.17, 15) is 4.79 Å². The maximum atomic E-state index is 12.4. The third-order valence-corrected chi connectivity index (χ3v) is 7.05. The van der Waals surface area contributed by atoms with E-state index in [-0.39, 0.29) is 5.91 Å². The third-order valence-electron chi connectivity index (χ3n) is 6.06. The van der Waals surface area contributed by atoms with Crippen LogP contribution in [0.4, 0.5) is 0 Å². The van der Waals surface area contributed by atoms with E-state index in [0.717, 1.165) is 24.0 Å². The number of carbonyl (C=O) groups is 1. The number of carbonyl (C=O) groups excluding carboxylic acids is 1. The van der Waals surface area contributed by atoms with Gasteiger partial charge in [0.2, 0.25) is 0 Å². The molecule has 2 saturated heterocycles. The van der Waals surface area contributed by atoms with Crippen LogP contribution in [0.5, 0.6) is 0 Å². The molecule has 1 saturated carbocycles.